The number of hydrogen-bond acceptors (Lipinski definition) is 6. The first-order valence-corrected chi connectivity index (χ1v) is 12.7. The second-order valence-corrected chi connectivity index (χ2v) is 10.8. The molecule has 1 fully saturated rings. The van der Waals surface area contributed by atoms with Crippen LogP contribution < -0.4 is 5.43 Å². The molecule has 4 rings (SSSR count). The van der Waals surface area contributed by atoms with E-state index in [2.05, 4.69) is 15.5 Å². The maximum absolute atomic E-state index is 11.7. The summed E-state index contributed by atoms with van der Waals surface area (Å²) in [5.74, 6) is 0.228. The number of hydrazine groups is 1. The number of rotatable bonds is 4. The van der Waals surface area contributed by atoms with Crippen LogP contribution in [0.3, 0.4) is 0 Å². The molecular weight excluding hydrogens is 507 g/mol. The van der Waals surface area contributed by atoms with Crippen molar-refractivity contribution in [1.29, 1.82) is 5.26 Å². The third kappa shape index (κ3) is 5.49. The van der Waals surface area contributed by atoms with Crippen LogP contribution in [-0.4, -0.2) is 53.6 Å². The Balaban J connectivity index is 1.77. The van der Waals surface area contributed by atoms with Crippen LogP contribution in [0.25, 0.3) is 16.9 Å². The van der Waals surface area contributed by atoms with E-state index in [0.29, 0.717) is 32.1 Å². The van der Waals surface area contributed by atoms with Gasteiger partial charge in [-0.2, -0.15) is 15.4 Å². The topological polar surface area (TPSA) is 103 Å². The highest BCUT2D eigenvalue weighted by Crippen LogP contribution is 2.30. The molecule has 2 aromatic carbocycles. The lowest BCUT2D eigenvalue weighted by molar-refractivity contribution is 0.255. The van der Waals surface area contributed by atoms with Crippen LogP contribution in [0.5, 0.6) is 0 Å². The highest BCUT2D eigenvalue weighted by molar-refractivity contribution is 7.91. The first kappa shape index (κ1) is 23.5. The first-order valence-electron chi connectivity index (χ1n) is 9.76. The van der Waals surface area contributed by atoms with E-state index in [4.69, 9.17) is 34.8 Å². The standard InChI is InChI=1S/C21H17Cl3N6O2S/c22-15-3-1-14(2-4-15)20-12-18(27-30(20)19-6-5-16(23)11-17(19)24)21(26-13-25)28-29-7-9-33(31,32)10-8-29/h1-6,11-12H,7-10H2,(H,26,28). The predicted octanol–water partition coefficient (Wildman–Crippen LogP) is 3.96. The molecule has 33 heavy (non-hydrogen) atoms. The summed E-state index contributed by atoms with van der Waals surface area (Å²) in [7, 11) is -3.06. The van der Waals surface area contributed by atoms with Gasteiger partial charge in [-0.3, -0.25) is 0 Å². The van der Waals surface area contributed by atoms with Crippen molar-refractivity contribution in [3.8, 4) is 23.1 Å². The average Bonchev–Trinajstić information content (AvgIpc) is 3.20. The predicted molar refractivity (Wildman–Crippen MR) is 130 cm³/mol. The fourth-order valence-corrected chi connectivity index (χ4v) is 5.14. The van der Waals surface area contributed by atoms with Crippen LogP contribution in [0.2, 0.25) is 15.1 Å². The zero-order valence-corrected chi connectivity index (χ0v) is 20.1. The van der Waals surface area contributed by atoms with Crippen molar-refractivity contribution in [3.05, 3.63) is 69.3 Å². The summed E-state index contributed by atoms with van der Waals surface area (Å²) in [4.78, 5) is 3.89. The third-order valence-electron chi connectivity index (χ3n) is 5.00. The number of nitrogens with one attached hydrogen (secondary N) is 1. The SMILES string of the molecule is N#CN=C(NN1CCS(=O)(=O)CC1)c1cc(-c2ccc(Cl)cc2)n(-c2ccc(Cl)cc2Cl)n1. The maximum atomic E-state index is 11.7. The quantitative estimate of drug-likeness (QED) is 0.315. The molecule has 0 saturated carbocycles. The summed E-state index contributed by atoms with van der Waals surface area (Å²) in [6.45, 7) is 0.529. The van der Waals surface area contributed by atoms with Crippen molar-refractivity contribution in [1.82, 2.24) is 20.2 Å². The van der Waals surface area contributed by atoms with Crippen LogP contribution in [-0.2, 0) is 9.84 Å². The third-order valence-corrected chi connectivity index (χ3v) is 7.40. The van der Waals surface area contributed by atoms with Gasteiger partial charge in [-0.15, -0.1) is 0 Å². The van der Waals surface area contributed by atoms with Crippen LogP contribution in [0.15, 0.2) is 53.5 Å². The van der Waals surface area contributed by atoms with Crippen molar-refractivity contribution in [3.63, 3.8) is 0 Å². The number of aromatic nitrogens is 2. The van der Waals surface area contributed by atoms with Crippen molar-refractivity contribution >= 4 is 50.5 Å². The molecule has 0 unspecified atom stereocenters. The van der Waals surface area contributed by atoms with E-state index in [9.17, 15) is 13.7 Å². The fraction of sp³-hybridized carbons (Fsp3) is 0.190. The molecule has 12 heteroatoms. The van der Waals surface area contributed by atoms with Gasteiger partial charge in [0, 0.05) is 28.7 Å². The Morgan fingerprint density at radius 3 is 2.33 bits per heavy atom. The van der Waals surface area contributed by atoms with Gasteiger partial charge in [-0.25, -0.2) is 18.1 Å². The minimum atomic E-state index is -3.06. The van der Waals surface area contributed by atoms with E-state index in [1.54, 1.807) is 52.3 Å². The molecule has 3 aromatic rings. The Kier molecular flexibility index (Phi) is 6.93. The molecule has 0 amide bonds. The summed E-state index contributed by atoms with van der Waals surface area (Å²) in [6.07, 6.45) is 1.78. The number of hydrogen-bond donors (Lipinski definition) is 1. The molecule has 0 radical (unpaired) electrons. The number of benzene rings is 2. The minimum absolute atomic E-state index is 0.0185. The lowest BCUT2D eigenvalue weighted by Gasteiger charge is -2.27. The molecule has 170 valence electrons. The Morgan fingerprint density at radius 1 is 1.03 bits per heavy atom. The summed E-state index contributed by atoms with van der Waals surface area (Å²) in [6, 6.07) is 14.0. The number of nitrogens with zero attached hydrogens (tertiary/aromatic N) is 5. The fourth-order valence-electron chi connectivity index (χ4n) is 3.32. The van der Waals surface area contributed by atoms with Gasteiger partial charge in [0.1, 0.15) is 5.69 Å². The lowest BCUT2D eigenvalue weighted by Crippen LogP contribution is -2.50. The van der Waals surface area contributed by atoms with E-state index in [1.807, 2.05) is 12.1 Å². The first-order chi connectivity index (χ1) is 15.8. The summed E-state index contributed by atoms with van der Waals surface area (Å²) < 4.78 is 25.1. The molecule has 8 nitrogen and oxygen atoms in total. The lowest BCUT2D eigenvalue weighted by atomic mass is 10.1. The number of amidine groups is 1. The van der Waals surface area contributed by atoms with Crippen LogP contribution in [0.4, 0.5) is 0 Å². The van der Waals surface area contributed by atoms with Crippen LogP contribution >= 0.6 is 34.8 Å². The Bertz CT molecular complexity index is 1350. The van der Waals surface area contributed by atoms with Crippen molar-refractivity contribution in [2.24, 2.45) is 4.99 Å². The second-order valence-electron chi connectivity index (χ2n) is 7.24. The Labute approximate surface area is 205 Å². The van der Waals surface area contributed by atoms with Crippen LogP contribution in [0.1, 0.15) is 5.69 Å². The maximum Gasteiger partial charge on any atom is 0.207 e. The normalized spacial score (nSPS) is 16.4. The second kappa shape index (κ2) is 9.71. The molecule has 1 aromatic heterocycles. The molecule has 1 N–H and O–H groups in total. The van der Waals surface area contributed by atoms with E-state index < -0.39 is 9.84 Å². The van der Waals surface area contributed by atoms with E-state index in [0.717, 1.165) is 5.56 Å². The highest BCUT2D eigenvalue weighted by Gasteiger charge is 2.24. The van der Waals surface area contributed by atoms with E-state index >= 15 is 0 Å². The smallest absolute Gasteiger partial charge is 0.207 e. The number of sulfone groups is 1. The summed E-state index contributed by atoms with van der Waals surface area (Å²) in [5, 5.41) is 17.1. The van der Waals surface area contributed by atoms with Gasteiger partial charge in [-0.1, -0.05) is 46.9 Å². The van der Waals surface area contributed by atoms with Gasteiger partial charge in [0.15, 0.2) is 15.7 Å². The number of aliphatic imine (C=N–C) groups is 1. The van der Waals surface area contributed by atoms with E-state index in [1.165, 1.54) is 0 Å². The molecule has 0 bridgehead atoms. The van der Waals surface area contributed by atoms with Gasteiger partial charge < -0.3 is 5.43 Å². The number of halogens is 3. The molecule has 2 heterocycles. The van der Waals surface area contributed by atoms with Gasteiger partial charge in [0.25, 0.3) is 0 Å². The zero-order chi connectivity index (χ0) is 23.6. The van der Waals surface area contributed by atoms with Gasteiger partial charge in [0.2, 0.25) is 6.19 Å². The summed E-state index contributed by atoms with van der Waals surface area (Å²) in [5.41, 5.74) is 5.48. The molecule has 1 aliphatic rings. The largest absolute Gasteiger partial charge is 0.300 e. The highest BCUT2D eigenvalue weighted by atomic mass is 35.5. The van der Waals surface area contributed by atoms with Crippen LogP contribution in [0, 0.1) is 11.5 Å². The van der Waals surface area contributed by atoms with Crippen molar-refractivity contribution in [2.75, 3.05) is 24.6 Å². The summed E-state index contributed by atoms with van der Waals surface area (Å²) >= 11 is 18.6. The minimum Gasteiger partial charge on any atom is -0.300 e. The van der Waals surface area contributed by atoms with Gasteiger partial charge in [0.05, 0.1) is 27.9 Å². The monoisotopic (exact) mass is 522 g/mol. The molecular formula is C21H17Cl3N6O2S. The van der Waals surface area contributed by atoms with Crippen molar-refractivity contribution < 1.29 is 8.42 Å². The molecule has 0 spiro atoms. The molecule has 1 saturated heterocycles. The van der Waals surface area contributed by atoms with Gasteiger partial charge in [-0.05, 0) is 36.4 Å². The number of nitriles is 1. The average molecular weight is 524 g/mol. The van der Waals surface area contributed by atoms with Gasteiger partial charge >= 0.3 is 0 Å². The zero-order valence-electron chi connectivity index (χ0n) is 17.0. The Morgan fingerprint density at radius 2 is 1.70 bits per heavy atom. The Hall–Kier alpha value is -2.61. The molecule has 0 aliphatic carbocycles. The molecule has 0 atom stereocenters. The van der Waals surface area contributed by atoms with E-state index in [-0.39, 0.29) is 30.4 Å². The molecule has 1 aliphatic heterocycles. The van der Waals surface area contributed by atoms with Crippen molar-refractivity contribution in [2.45, 2.75) is 0 Å².